The molecule has 0 saturated carbocycles. The fourth-order valence-electron chi connectivity index (χ4n) is 4.60. The van der Waals surface area contributed by atoms with E-state index in [4.69, 9.17) is 21.3 Å². The van der Waals surface area contributed by atoms with E-state index in [0.717, 1.165) is 27.7 Å². The van der Waals surface area contributed by atoms with Crippen LogP contribution in [0, 0.1) is 6.92 Å². The topological polar surface area (TPSA) is 141 Å². The van der Waals surface area contributed by atoms with Gasteiger partial charge in [0.15, 0.2) is 0 Å². The standard InChI is InChI=1S/C32H33N7O3/c1-19-10-12-21(13-11-19)39-24(18-26(37-39)32(2,3)4)28-25(42-22-14-15-35-27(17-22)38(5)31(34)41)16-20-8-6-7-9-23(20)29(28)36-30(33)40/h6-18H,1-5H3,(H2,34,41)(H3,33,36,40). The molecule has 10 heteroatoms. The minimum atomic E-state index is -0.717. The highest BCUT2D eigenvalue weighted by Gasteiger charge is 2.27. The molecule has 0 saturated heterocycles. The van der Waals surface area contributed by atoms with Crippen molar-refractivity contribution in [2.75, 3.05) is 17.3 Å². The van der Waals surface area contributed by atoms with Crippen LogP contribution in [-0.4, -0.2) is 33.9 Å². The molecular formula is C32H33N7O3. The van der Waals surface area contributed by atoms with Gasteiger partial charge in [-0.1, -0.05) is 62.7 Å². The molecule has 0 aliphatic carbocycles. The molecule has 214 valence electrons. The summed E-state index contributed by atoms with van der Waals surface area (Å²) in [7, 11) is 1.53. The van der Waals surface area contributed by atoms with Gasteiger partial charge < -0.3 is 21.5 Å². The number of anilines is 2. The average Bonchev–Trinajstić information content (AvgIpc) is 3.38. The summed E-state index contributed by atoms with van der Waals surface area (Å²) in [6, 6.07) is 21.5. The Balaban J connectivity index is 1.82. The molecule has 5 rings (SSSR count). The molecule has 4 amide bonds. The van der Waals surface area contributed by atoms with Crippen LogP contribution in [0.25, 0.3) is 27.7 Å². The smallest absolute Gasteiger partial charge is 0.320 e. The number of aryl methyl sites for hydroxylation is 1. The Kier molecular flexibility index (Phi) is 7.30. The molecule has 3 aromatic carbocycles. The van der Waals surface area contributed by atoms with Crippen LogP contribution in [0.5, 0.6) is 11.5 Å². The summed E-state index contributed by atoms with van der Waals surface area (Å²) in [6.07, 6.45) is 1.53. The number of rotatable bonds is 6. The molecule has 0 unspecified atom stereocenters. The van der Waals surface area contributed by atoms with E-state index in [9.17, 15) is 9.59 Å². The third-order valence-corrected chi connectivity index (χ3v) is 6.89. The van der Waals surface area contributed by atoms with Crippen LogP contribution < -0.4 is 26.4 Å². The summed E-state index contributed by atoms with van der Waals surface area (Å²) in [5, 5.41) is 9.46. The van der Waals surface area contributed by atoms with Gasteiger partial charge >= 0.3 is 12.1 Å². The Morgan fingerprint density at radius 2 is 1.69 bits per heavy atom. The largest absolute Gasteiger partial charge is 0.456 e. The van der Waals surface area contributed by atoms with Crippen LogP contribution in [0.2, 0.25) is 0 Å². The molecule has 0 atom stereocenters. The Bertz CT molecular complexity index is 1800. The second-order valence-electron chi connectivity index (χ2n) is 11.1. The van der Waals surface area contributed by atoms with Crippen LogP contribution in [-0.2, 0) is 5.41 Å². The lowest BCUT2D eigenvalue weighted by molar-refractivity contribution is 0.255. The second-order valence-corrected chi connectivity index (χ2v) is 11.1. The fourth-order valence-corrected chi connectivity index (χ4v) is 4.60. The number of pyridine rings is 1. The van der Waals surface area contributed by atoms with E-state index < -0.39 is 12.1 Å². The summed E-state index contributed by atoms with van der Waals surface area (Å²) in [6.45, 7) is 8.29. The molecule has 0 aliphatic heterocycles. The van der Waals surface area contributed by atoms with Gasteiger partial charge in [0.25, 0.3) is 0 Å². The van der Waals surface area contributed by atoms with E-state index in [1.165, 1.54) is 18.1 Å². The third-order valence-electron chi connectivity index (χ3n) is 6.89. The number of benzene rings is 3. The minimum absolute atomic E-state index is 0.279. The molecule has 2 aromatic heterocycles. The van der Waals surface area contributed by atoms with Crippen molar-refractivity contribution in [3.63, 3.8) is 0 Å². The number of ether oxygens (including phenoxy) is 1. The Labute approximate surface area is 243 Å². The van der Waals surface area contributed by atoms with Crippen molar-refractivity contribution < 1.29 is 14.3 Å². The molecule has 0 fully saturated rings. The number of amides is 4. The lowest BCUT2D eigenvalue weighted by atomic mass is 9.91. The van der Waals surface area contributed by atoms with Crippen molar-refractivity contribution >= 4 is 34.3 Å². The van der Waals surface area contributed by atoms with E-state index in [2.05, 4.69) is 31.1 Å². The maximum Gasteiger partial charge on any atom is 0.320 e. The molecule has 0 spiro atoms. The first-order chi connectivity index (χ1) is 19.9. The minimum Gasteiger partial charge on any atom is -0.456 e. The van der Waals surface area contributed by atoms with Gasteiger partial charge in [0.1, 0.15) is 17.3 Å². The van der Waals surface area contributed by atoms with Crippen molar-refractivity contribution in [1.29, 1.82) is 0 Å². The molecule has 5 N–H and O–H groups in total. The number of carbonyl (C=O) groups excluding carboxylic acids is 2. The van der Waals surface area contributed by atoms with Crippen molar-refractivity contribution in [2.45, 2.75) is 33.1 Å². The number of urea groups is 2. The number of primary amides is 2. The number of carbonyl (C=O) groups is 2. The van der Waals surface area contributed by atoms with E-state index in [0.29, 0.717) is 34.3 Å². The van der Waals surface area contributed by atoms with Gasteiger partial charge in [-0.05, 0) is 42.6 Å². The predicted octanol–water partition coefficient (Wildman–Crippen LogP) is 6.49. The number of nitrogens with one attached hydrogen (secondary N) is 1. The van der Waals surface area contributed by atoms with Crippen molar-refractivity contribution in [3.05, 3.63) is 90.3 Å². The van der Waals surface area contributed by atoms with Gasteiger partial charge in [-0.2, -0.15) is 5.10 Å². The zero-order valence-corrected chi connectivity index (χ0v) is 24.2. The fraction of sp³-hybridized carbons (Fsp3) is 0.188. The Morgan fingerprint density at radius 3 is 2.36 bits per heavy atom. The van der Waals surface area contributed by atoms with Gasteiger partial charge in [0, 0.05) is 30.1 Å². The number of nitrogens with zero attached hydrogens (tertiary/aromatic N) is 4. The van der Waals surface area contributed by atoms with Crippen molar-refractivity contribution in [3.8, 4) is 28.4 Å². The van der Waals surface area contributed by atoms with Crippen LogP contribution in [0.15, 0.2) is 79.0 Å². The van der Waals surface area contributed by atoms with Crippen LogP contribution in [0.4, 0.5) is 21.1 Å². The van der Waals surface area contributed by atoms with E-state index in [1.54, 1.807) is 12.1 Å². The van der Waals surface area contributed by atoms with Crippen LogP contribution in [0.3, 0.4) is 0 Å². The molecule has 42 heavy (non-hydrogen) atoms. The van der Waals surface area contributed by atoms with Crippen LogP contribution in [0.1, 0.15) is 32.0 Å². The number of hydrogen-bond donors (Lipinski definition) is 3. The SMILES string of the molecule is Cc1ccc(-n2nc(C(C)(C)C)cc2-c2c(Oc3ccnc(N(C)C(N)=O)c3)cc3ccccc3c2NC(N)=O)cc1. The zero-order chi connectivity index (χ0) is 30.2. The molecule has 5 aromatic rings. The Hall–Kier alpha value is -5.38. The van der Waals surface area contributed by atoms with E-state index >= 15 is 0 Å². The number of hydrogen-bond acceptors (Lipinski definition) is 5. The summed E-state index contributed by atoms with van der Waals surface area (Å²) in [4.78, 5) is 29.6. The van der Waals surface area contributed by atoms with Gasteiger partial charge in [-0.3, -0.25) is 4.90 Å². The maximum atomic E-state index is 12.4. The normalized spacial score (nSPS) is 11.4. The van der Waals surface area contributed by atoms with Gasteiger partial charge in [-0.25, -0.2) is 19.3 Å². The monoisotopic (exact) mass is 563 g/mol. The second kappa shape index (κ2) is 10.9. The van der Waals surface area contributed by atoms with E-state index in [1.807, 2.05) is 72.3 Å². The number of aromatic nitrogens is 3. The first-order valence-electron chi connectivity index (χ1n) is 13.4. The van der Waals surface area contributed by atoms with Gasteiger partial charge in [0.05, 0.1) is 28.3 Å². The van der Waals surface area contributed by atoms with E-state index in [-0.39, 0.29) is 5.41 Å². The summed E-state index contributed by atoms with van der Waals surface area (Å²) in [5.74, 6) is 1.16. The highest BCUT2D eigenvalue weighted by atomic mass is 16.5. The molecule has 0 aliphatic rings. The molecule has 2 heterocycles. The zero-order valence-electron chi connectivity index (χ0n) is 24.2. The number of fused-ring (bicyclic) bond motifs is 1. The van der Waals surface area contributed by atoms with Gasteiger partial charge in [0.2, 0.25) is 0 Å². The highest BCUT2D eigenvalue weighted by Crippen LogP contribution is 2.45. The first kappa shape index (κ1) is 28.2. The lowest BCUT2D eigenvalue weighted by Crippen LogP contribution is -2.32. The number of nitrogens with two attached hydrogens (primary N) is 2. The molecular weight excluding hydrogens is 530 g/mol. The lowest BCUT2D eigenvalue weighted by Gasteiger charge is -2.20. The molecule has 10 nitrogen and oxygen atoms in total. The first-order valence-corrected chi connectivity index (χ1v) is 13.4. The summed E-state index contributed by atoms with van der Waals surface area (Å²) >= 11 is 0. The highest BCUT2D eigenvalue weighted by molar-refractivity contribution is 6.09. The molecule has 0 radical (unpaired) electrons. The summed E-state index contributed by atoms with van der Waals surface area (Å²) in [5.41, 5.74) is 15.4. The maximum absolute atomic E-state index is 12.4. The summed E-state index contributed by atoms with van der Waals surface area (Å²) < 4.78 is 8.37. The van der Waals surface area contributed by atoms with Crippen molar-refractivity contribution in [1.82, 2.24) is 14.8 Å². The average molecular weight is 564 g/mol. The van der Waals surface area contributed by atoms with Crippen molar-refractivity contribution in [2.24, 2.45) is 11.5 Å². The molecule has 0 bridgehead atoms. The quantitative estimate of drug-likeness (QED) is 0.216. The van der Waals surface area contributed by atoms with Crippen LogP contribution >= 0.6 is 0 Å². The van der Waals surface area contributed by atoms with Gasteiger partial charge in [-0.15, -0.1) is 0 Å². The Morgan fingerprint density at radius 1 is 0.976 bits per heavy atom. The third kappa shape index (κ3) is 5.60. The predicted molar refractivity (Wildman–Crippen MR) is 165 cm³/mol.